The van der Waals surface area contributed by atoms with Crippen LogP contribution in [0, 0.1) is 10.1 Å². The van der Waals surface area contributed by atoms with Gasteiger partial charge in [0.25, 0.3) is 0 Å². The predicted octanol–water partition coefficient (Wildman–Crippen LogP) is 1.48. The maximum Gasteiger partial charge on any atom is 0.409 e. The van der Waals surface area contributed by atoms with E-state index in [-0.39, 0.29) is 0 Å². The zero-order valence-corrected chi connectivity index (χ0v) is 8.04. The molecule has 0 heterocycles. The summed E-state index contributed by atoms with van der Waals surface area (Å²) in [5, 5.41) is 10.5. The molecule has 0 bridgehead atoms. The first-order chi connectivity index (χ1) is 7.15. The van der Waals surface area contributed by atoms with Gasteiger partial charge in [-0.2, -0.15) is 0 Å². The lowest BCUT2D eigenvalue weighted by molar-refractivity contribution is -0.419. The summed E-state index contributed by atoms with van der Waals surface area (Å²) < 4.78 is 4.30. The van der Waals surface area contributed by atoms with E-state index in [4.69, 9.17) is 0 Å². The standard InChI is InChI=1S/C10H9NO4/c1-15-10(12)9(11(13)14)7-8-5-3-2-4-6-8/h2-7H,1H3. The molecule has 0 aliphatic rings. The third-order valence-corrected chi connectivity index (χ3v) is 1.69. The quantitative estimate of drug-likeness (QED) is 0.326. The summed E-state index contributed by atoms with van der Waals surface area (Å²) in [6, 6.07) is 8.54. The van der Waals surface area contributed by atoms with E-state index in [0.717, 1.165) is 7.11 Å². The average Bonchev–Trinajstić information content (AvgIpc) is 2.26. The van der Waals surface area contributed by atoms with E-state index >= 15 is 0 Å². The monoisotopic (exact) mass is 207 g/mol. The van der Waals surface area contributed by atoms with Crippen LogP contribution in [-0.2, 0) is 9.53 Å². The van der Waals surface area contributed by atoms with Crippen LogP contribution in [0.2, 0.25) is 0 Å². The van der Waals surface area contributed by atoms with Crippen LogP contribution < -0.4 is 0 Å². The second kappa shape index (κ2) is 4.90. The fraction of sp³-hybridized carbons (Fsp3) is 0.100. The Kier molecular flexibility index (Phi) is 3.56. The zero-order chi connectivity index (χ0) is 11.3. The summed E-state index contributed by atoms with van der Waals surface area (Å²) in [4.78, 5) is 20.8. The van der Waals surface area contributed by atoms with E-state index in [0.29, 0.717) is 5.56 Å². The zero-order valence-electron chi connectivity index (χ0n) is 8.04. The minimum Gasteiger partial charge on any atom is -0.461 e. The molecule has 0 N–H and O–H groups in total. The van der Waals surface area contributed by atoms with Gasteiger partial charge < -0.3 is 4.74 Å². The Balaban J connectivity index is 3.05. The average molecular weight is 207 g/mol. The van der Waals surface area contributed by atoms with Crippen molar-refractivity contribution in [2.24, 2.45) is 0 Å². The lowest BCUT2D eigenvalue weighted by atomic mass is 10.2. The van der Waals surface area contributed by atoms with E-state index < -0.39 is 16.6 Å². The van der Waals surface area contributed by atoms with Crippen molar-refractivity contribution in [2.75, 3.05) is 7.11 Å². The molecule has 0 atom stereocenters. The van der Waals surface area contributed by atoms with Crippen molar-refractivity contribution in [3.05, 3.63) is 51.7 Å². The molecule has 0 saturated heterocycles. The van der Waals surface area contributed by atoms with Crippen molar-refractivity contribution in [3.8, 4) is 0 Å². The van der Waals surface area contributed by atoms with Crippen LogP contribution in [0.15, 0.2) is 36.0 Å². The largest absolute Gasteiger partial charge is 0.461 e. The molecule has 1 aromatic carbocycles. The lowest BCUT2D eigenvalue weighted by Gasteiger charge is -1.96. The maximum absolute atomic E-state index is 11.0. The third-order valence-electron chi connectivity index (χ3n) is 1.69. The molecular formula is C10H9NO4. The molecule has 78 valence electrons. The SMILES string of the molecule is COC(=O)C(=Cc1ccccc1)[N+](=O)[O-]. The van der Waals surface area contributed by atoms with Crippen LogP contribution in [0.3, 0.4) is 0 Å². The number of rotatable bonds is 3. The number of hydrogen-bond donors (Lipinski definition) is 0. The number of ether oxygens (including phenoxy) is 1. The Morgan fingerprint density at radius 3 is 2.47 bits per heavy atom. The number of carbonyl (C=O) groups is 1. The predicted molar refractivity (Wildman–Crippen MR) is 53.4 cm³/mol. The maximum atomic E-state index is 11.0. The molecule has 1 rings (SSSR count). The highest BCUT2D eigenvalue weighted by Crippen LogP contribution is 2.08. The molecule has 0 unspecified atom stereocenters. The van der Waals surface area contributed by atoms with E-state index in [9.17, 15) is 14.9 Å². The van der Waals surface area contributed by atoms with Gasteiger partial charge in [0, 0.05) is 6.08 Å². The first-order valence-corrected chi connectivity index (χ1v) is 4.14. The molecule has 0 fully saturated rings. The van der Waals surface area contributed by atoms with Crippen LogP contribution in [0.1, 0.15) is 5.56 Å². The highest BCUT2D eigenvalue weighted by molar-refractivity contribution is 5.90. The molecule has 0 radical (unpaired) electrons. The molecule has 15 heavy (non-hydrogen) atoms. The Labute approximate surface area is 86.1 Å². The molecule has 0 saturated carbocycles. The molecule has 0 amide bonds. The number of carbonyl (C=O) groups excluding carboxylic acids is 1. The van der Waals surface area contributed by atoms with Crippen molar-refractivity contribution >= 4 is 12.0 Å². The van der Waals surface area contributed by atoms with E-state index in [1.807, 2.05) is 0 Å². The van der Waals surface area contributed by atoms with Crippen molar-refractivity contribution in [1.82, 2.24) is 0 Å². The molecule has 0 aliphatic carbocycles. The Morgan fingerprint density at radius 2 is 2.00 bits per heavy atom. The fourth-order valence-corrected chi connectivity index (χ4v) is 0.998. The van der Waals surface area contributed by atoms with E-state index in [2.05, 4.69) is 4.74 Å². The molecule has 5 heteroatoms. The third kappa shape index (κ3) is 2.91. The topological polar surface area (TPSA) is 69.4 Å². The number of benzene rings is 1. The molecule has 5 nitrogen and oxygen atoms in total. The number of methoxy groups -OCH3 is 1. The Hall–Kier alpha value is -2.17. The lowest BCUT2D eigenvalue weighted by Crippen LogP contribution is -2.12. The van der Waals surface area contributed by atoms with Crippen molar-refractivity contribution < 1.29 is 14.5 Å². The fourth-order valence-electron chi connectivity index (χ4n) is 0.998. The minimum atomic E-state index is -0.955. The summed E-state index contributed by atoms with van der Waals surface area (Å²) in [5.74, 6) is -0.955. The molecule has 0 aromatic heterocycles. The van der Waals surface area contributed by atoms with E-state index in [1.54, 1.807) is 30.3 Å². The van der Waals surface area contributed by atoms with Gasteiger partial charge in [-0.1, -0.05) is 30.3 Å². The van der Waals surface area contributed by atoms with Crippen LogP contribution in [0.4, 0.5) is 0 Å². The van der Waals surface area contributed by atoms with Crippen LogP contribution in [0.5, 0.6) is 0 Å². The second-order valence-electron chi connectivity index (χ2n) is 2.69. The summed E-state index contributed by atoms with van der Waals surface area (Å²) in [7, 11) is 1.10. The highest BCUT2D eigenvalue weighted by Gasteiger charge is 2.22. The smallest absolute Gasteiger partial charge is 0.409 e. The second-order valence-corrected chi connectivity index (χ2v) is 2.69. The molecule has 1 aromatic rings. The first kappa shape index (κ1) is 10.9. The van der Waals surface area contributed by atoms with Gasteiger partial charge in [0.2, 0.25) is 0 Å². The summed E-state index contributed by atoms with van der Waals surface area (Å²) in [5.41, 5.74) is -0.00157. The van der Waals surface area contributed by atoms with Crippen LogP contribution in [0.25, 0.3) is 6.08 Å². The van der Waals surface area contributed by atoms with Crippen LogP contribution in [-0.4, -0.2) is 18.0 Å². The Bertz CT molecular complexity index is 397. The van der Waals surface area contributed by atoms with Crippen molar-refractivity contribution in [1.29, 1.82) is 0 Å². The number of esters is 1. The molecule has 0 aliphatic heterocycles. The van der Waals surface area contributed by atoms with Crippen molar-refractivity contribution in [2.45, 2.75) is 0 Å². The number of nitrogens with zero attached hydrogens (tertiary/aromatic N) is 1. The van der Waals surface area contributed by atoms with Gasteiger partial charge in [0.15, 0.2) is 0 Å². The molecule has 0 spiro atoms. The summed E-state index contributed by atoms with van der Waals surface area (Å²) in [6.07, 6.45) is 1.17. The number of hydrogen-bond acceptors (Lipinski definition) is 4. The normalized spacial score (nSPS) is 10.9. The summed E-state index contributed by atoms with van der Waals surface area (Å²) in [6.45, 7) is 0. The van der Waals surface area contributed by atoms with Gasteiger partial charge in [-0.05, 0) is 5.56 Å². The number of nitro groups is 1. The van der Waals surface area contributed by atoms with Gasteiger partial charge in [-0.3, -0.25) is 10.1 Å². The van der Waals surface area contributed by atoms with Gasteiger partial charge in [-0.25, -0.2) is 4.79 Å². The Morgan fingerprint density at radius 1 is 1.40 bits per heavy atom. The minimum absolute atomic E-state index is 0.578. The van der Waals surface area contributed by atoms with Gasteiger partial charge >= 0.3 is 11.7 Å². The van der Waals surface area contributed by atoms with Crippen LogP contribution >= 0.6 is 0 Å². The van der Waals surface area contributed by atoms with Gasteiger partial charge in [-0.15, -0.1) is 0 Å². The molecular weight excluding hydrogens is 198 g/mol. The highest BCUT2D eigenvalue weighted by atomic mass is 16.6. The summed E-state index contributed by atoms with van der Waals surface area (Å²) >= 11 is 0. The van der Waals surface area contributed by atoms with E-state index in [1.165, 1.54) is 6.08 Å². The van der Waals surface area contributed by atoms with Gasteiger partial charge in [0.1, 0.15) is 0 Å². The van der Waals surface area contributed by atoms with Gasteiger partial charge in [0.05, 0.1) is 12.0 Å². The van der Waals surface area contributed by atoms with Crippen molar-refractivity contribution in [3.63, 3.8) is 0 Å². The first-order valence-electron chi connectivity index (χ1n) is 4.14.